The Morgan fingerprint density at radius 2 is 2.14 bits per heavy atom. The molecule has 1 spiro atoms. The lowest BCUT2D eigenvalue weighted by Crippen LogP contribution is -2.51. The third-order valence-corrected chi connectivity index (χ3v) is 6.57. The van der Waals surface area contributed by atoms with E-state index in [-0.39, 0.29) is 11.6 Å². The van der Waals surface area contributed by atoms with Crippen LogP contribution in [0.1, 0.15) is 48.2 Å². The molecule has 5 rings (SSSR count). The maximum Gasteiger partial charge on any atom is 0.277 e. The molecule has 2 aliphatic heterocycles. The van der Waals surface area contributed by atoms with E-state index < -0.39 is 17.3 Å². The fourth-order valence-electron chi connectivity index (χ4n) is 4.77. The minimum atomic E-state index is -0.633. The van der Waals surface area contributed by atoms with Crippen LogP contribution in [0.4, 0.5) is 4.39 Å². The number of hydrogen-bond acceptors (Lipinski definition) is 3. The molecule has 0 radical (unpaired) electrons. The quantitative estimate of drug-likeness (QED) is 0.818. The number of hydrogen-bond donors (Lipinski definition) is 0. The molecule has 1 aliphatic carbocycles. The largest absolute Gasteiger partial charge is 0.342 e. The van der Waals surface area contributed by atoms with Crippen LogP contribution in [-0.2, 0) is 4.79 Å². The second-order valence-corrected chi connectivity index (χ2v) is 8.74. The van der Waals surface area contributed by atoms with Gasteiger partial charge < -0.3 is 9.80 Å². The van der Waals surface area contributed by atoms with Crippen LogP contribution in [0.2, 0.25) is 0 Å². The van der Waals surface area contributed by atoms with Gasteiger partial charge in [0.2, 0.25) is 11.9 Å². The Balaban J connectivity index is 1.37. The molecule has 148 valence electrons. The molecule has 2 amide bonds. The first kappa shape index (κ1) is 17.6. The van der Waals surface area contributed by atoms with Gasteiger partial charge in [0.1, 0.15) is 5.65 Å². The highest BCUT2D eigenvalue weighted by atomic mass is 19.1. The number of fused-ring (bicyclic) bond motifs is 1. The van der Waals surface area contributed by atoms with Gasteiger partial charge in [-0.3, -0.25) is 14.0 Å². The summed E-state index contributed by atoms with van der Waals surface area (Å²) in [7, 11) is 0. The average Bonchev–Trinajstić information content (AvgIpc) is 3.30. The molecule has 1 atom stereocenters. The van der Waals surface area contributed by atoms with Crippen molar-refractivity contribution in [3.63, 3.8) is 0 Å². The van der Waals surface area contributed by atoms with Gasteiger partial charge in [-0.15, -0.1) is 0 Å². The predicted molar refractivity (Wildman–Crippen MR) is 101 cm³/mol. The summed E-state index contributed by atoms with van der Waals surface area (Å²) in [4.78, 5) is 34.0. The molecular weight excluding hydrogens is 359 g/mol. The highest BCUT2D eigenvalue weighted by molar-refractivity contribution is 5.94. The summed E-state index contributed by atoms with van der Waals surface area (Å²) >= 11 is 0. The molecule has 2 aromatic heterocycles. The molecule has 0 N–H and O–H groups in total. The number of piperidine rings is 1. The van der Waals surface area contributed by atoms with E-state index >= 15 is 0 Å². The molecular formula is C21H25FN4O2. The maximum atomic E-state index is 14.8. The van der Waals surface area contributed by atoms with Gasteiger partial charge in [0.25, 0.3) is 5.91 Å². The molecule has 28 heavy (non-hydrogen) atoms. The van der Waals surface area contributed by atoms with Crippen LogP contribution in [0, 0.1) is 24.2 Å². The number of nitrogens with zero attached hydrogens (tertiary/aromatic N) is 4. The highest BCUT2D eigenvalue weighted by Gasteiger charge is 2.50. The fourth-order valence-corrected chi connectivity index (χ4v) is 4.77. The van der Waals surface area contributed by atoms with Crippen molar-refractivity contribution in [3.8, 4) is 0 Å². The lowest BCUT2D eigenvalue weighted by Gasteiger charge is -2.39. The van der Waals surface area contributed by atoms with Crippen molar-refractivity contribution < 1.29 is 14.0 Å². The van der Waals surface area contributed by atoms with Crippen molar-refractivity contribution >= 4 is 17.5 Å². The molecule has 4 heterocycles. The zero-order valence-corrected chi connectivity index (χ0v) is 16.2. The molecule has 0 bridgehead atoms. The van der Waals surface area contributed by atoms with Crippen molar-refractivity contribution in [3.05, 3.63) is 35.5 Å². The molecule has 7 heteroatoms. The van der Waals surface area contributed by atoms with Gasteiger partial charge in [0, 0.05) is 32.4 Å². The normalized spacial score (nSPS) is 25.3. The first-order valence-corrected chi connectivity index (χ1v) is 10.2. The van der Waals surface area contributed by atoms with E-state index in [2.05, 4.69) is 4.98 Å². The van der Waals surface area contributed by atoms with Crippen molar-refractivity contribution in [2.75, 3.05) is 26.2 Å². The van der Waals surface area contributed by atoms with E-state index in [0.717, 1.165) is 31.5 Å². The number of pyridine rings is 1. The summed E-state index contributed by atoms with van der Waals surface area (Å²) in [6.45, 7) is 4.44. The molecule has 3 fully saturated rings. The lowest BCUT2D eigenvalue weighted by molar-refractivity contribution is -0.145. The molecule has 0 unspecified atom stereocenters. The Morgan fingerprint density at radius 1 is 1.32 bits per heavy atom. The molecule has 6 nitrogen and oxygen atoms in total. The average molecular weight is 384 g/mol. The van der Waals surface area contributed by atoms with E-state index in [1.165, 1.54) is 17.2 Å². The Labute approximate surface area is 163 Å². The topological polar surface area (TPSA) is 57.9 Å². The summed E-state index contributed by atoms with van der Waals surface area (Å²) < 4.78 is 16.1. The maximum absolute atomic E-state index is 14.8. The number of likely N-dealkylation sites (tertiary alicyclic amines) is 2. The van der Waals surface area contributed by atoms with Crippen LogP contribution in [0.3, 0.4) is 0 Å². The Kier molecular flexibility index (Phi) is 3.96. The summed E-state index contributed by atoms with van der Waals surface area (Å²) in [5.74, 6) is -0.199. The van der Waals surface area contributed by atoms with Crippen molar-refractivity contribution in [2.45, 2.75) is 39.0 Å². The van der Waals surface area contributed by atoms with Crippen LogP contribution in [-0.4, -0.2) is 57.2 Å². The van der Waals surface area contributed by atoms with Gasteiger partial charge >= 0.3 is 0 Å². The SMILES string of the molecule is Cc1ccn2c(F)c(C(=O)N3CC[C@]4(CCCN(CC5CC5)C4=O)C3)nc2c1. The van der Waals surface area contributed by atoms with E-state index in [4.69, 9.17) is 0 Å². The summed E-state index contributed by atoms with van der Waals surface area (Å²) in [5.41, 5.74) is 0.745. The van der Waals surface area contributed by atoms with E-state index in [1.54, 1.807) is 23.2 Å². The molecule has 0 aromatic carbocycles. The van der Waals surface area contributed by atoms with Gasteiger partial charge in [-0.1, -0.05) is 0 Å². The fraction of sp³-hybridized carbons (Fsp3) is 0.571. The first-order valence-electron chi connectivity index (χ1n) is 10.2. The third-order valence-electron chi connectivity index (χ3n) is 6.57. The van der Waals surface area contributed by atoms with E-state index in [0.29, 0.717) is 31.1 Å². The van der Waals surface area contributed by atoms with Crippen LogP contribution in [0.5, 0.6) is 0 Å². The third kappa shape index (κ3) is 2.79. The number of aromatic nitrogens is 2. The minimum absolute atomic E-state index is 0.152. The zero-order chi connectivity index (χ0) is 19.5. The van der Waals surface area contributed by atoms with Crippen molar-refractivity contribution in [1.29, 1.82) is 0 Å². The minimum Gasteiger partial charge on any atom is -0.342 e. The second kappa shape index (κ2) is 6.29. The van der Waals surface area contributed by atoms with Crippen LogP contribution >= 0.6 is 0 Å². The van der Waals surface area contributed by atoms with Crippen molar-refractivity contribution in [1.82, 2.24) is 19.2 Å². The van der Waals surface area contributed by atoms with Crippen LogP contribution in [0.25, 0.3) is 5.65 Å². The first-order chi connectivity index (χ1) is 13.5. The number of amides is 2. The van der Waals surface area contributed by atoms with Crippen LogP contribution in [0.15, 0.2) is 18.3 Å². The van der Waals surface area contributed by atoms with Gasteiger partial charge in [-0.2, -0.15) is 4.39 Å². The van der Waals surface area contributed by atoms with Crippen molar-refractivity contribution in [2.24, 2.45) is 11.3 Å². The number of imidazole rings is 1. The molecule has 1 saturated carbocycles. The Hall–Kier alpha value is -2.44. The number of rotatable bonds is 3. The van der Waals surface area contributed by atoms with Crippen LogP contribution < -0.4 is 0 Å². The van der Waals surface area contributed by atoms with Gasteiger partial charge in [0.15, 0.2) is 5.69 Å². The lowest BCUT2D eigenvalue weighted by atomic mass is 9.78. The monoisotopic (exact) mass is 384 g/mol. The smallest absolute Gasteiger partial charge is 0.277 e. The Bertz CT molecular complexity index is 967. The molecule has 3 aliphatic rings. The number of carbonyl (C=O) groups is 2. The summed E-state index contributed by atoms with van der Waals surface area (Å²) in [6, 6.07) is 3.54. The molecule has 2 aromatic rings. The summed E-state index contributed by atoms with van der Waals surface area (Å²) in [6.07, 6.45) is 6.47. The molecule has 2 saturated heterocycles. The standard InChI is InChI=1S/C21H25FN4O2/c1-14-5-9-26-16(11-14)23-17(18(26)22)19(27)25-10-7-21(13-25)6-2-8-24(20(21)28)12-15-3-4-15/h5,9,11,15H,2-4,6-8,10,12-13H2,1H3/t21-/m1/s1. The van der Waals surface area contributed by atoms with Gasteiger partial charge in [-0.25, -0.2) is 4.98 Å². The zero-order valence-electron chi connectivity index (χ0n) is 16.2. The van der Waals surface area contributed by atoms with Gasteiger partial charge in [0.05, 0.1) is 5.41 Å². The van der Waals surface area contributed by atoms with E-state index in [1.807, 2.05) is 11.8 Å². The number of halogens is 1. The van der Waals surface area contributed by atoms with E-state index in [9.17, 15) is 14.0 Å². The number of aryl methyl sites for hydroxylation is 1. The highest BCUT2D eigenvalue weighted by Crippen LogP contribution is 2.42. The predicted octanol–water partition coefficient (Wildman–Crippen LogP) is 2.65. The van der Waals surface area contributed by atoms with Gasteiger partial charge in [-0.05, 0) is 62.6 Å². The number of carbonyl (C=O) groups excluding carboxylic acids is 2. The second-order valence-electron chi connectivity index (χ2n) is 8.74. The Morgan fingerprint density at radius 3 is 2.93 bits per heavy atom. The summed E-state index contributed by atoms with van der Waals surface area (Å²) in [5, 5.41) is 0.